The fourth-order valence-corrected chi connectivity index (χ4v) is 3.72. The van der Waals surface area contributed by atoms with Crippen molar-refractivity contribution in [1.29, 1.82) is 0 Å². The summed E-state index contributed by atoms with van der Waals surface area (Å²) in [6, 6.07) is 10.2. The summed E-state index contributed by atoms with van der Waals surface area (Å²) < 4.78 is 11.4. The van der Waals surface area contributed by atoms with E-state index in [0.717, 1.165) is 42.2 Å². The van der Waals surface area contributed by atoms with Crippen molar-refractivity contribution < 1.29 is 14.1 Å². The van der Waals surface area contributed by atoms with Crippen molar-refractivity contribution in [1.82, 2.24) is 10.1 Å². The Hall–Kier alpha value is -2.34. The molecule has 1 unspecified atom stereocenters. The van der Waals surface area contributed by atoms with E-state index in [9.17, 15) is 4.79 Å². The number of ether oxygens (including phenoxy) is 1. The van der Waals surface area contributed by atoms with Crippen LogP contribution >= 0.6 is 0 Å². The van der Waals surface area contributed by atoms with Gasteiger partial charge in [0.2, 0.25) is 11.8 Å². The lowest BCUT2D eigenvalue weighted by molar-refractivity contribution is -0.135. The van der Waals surface area contributed by atoms with Crippen LogP contribution in [0.4, 0.5) is 5.88 Å². The number of carbonyl (C=O) groups is 1. The molecule has 2 heterocycles. The lowest BCUT2D eigenvalue weighted by atomic mass is 9.91. The Bertz CT molecular complexity index is 820. The molecule has 164 valence electrons. The molecule has 1 fully saturated rings. The largest absolute Gasteiger partial charge is 0.378 e. The smallest absolute Gasteiger partial charge is 0.233 e. The number of benzene rings is 1. The van der Waals surface area contributed by atoms with Crippen molar-refractivity contribution in [3.05, 3.63) is 35.9 Å². The zero-order valence-electron chi connectivity index (χ0n) is 19.0. The van der Waals surface area contributed by atoms with Gasteiger partial charge in [0.1, 0.15) is 5.69 Å². The van der Waals surface area contributed by atoms with Crippen molar-refractivity contribution >= 4 is 11.8 Å². The molecule has 6 nitrogen and oxygen atoms in total. The van der Waals surface area contributed by atoms with Gasteiger partial charge in [-0.15, -0.1) is 0 Å². The van der Waals surface area contributed by atoms with Crippen LogP contribution in [-0.4, -0.2) is 48.3 Å². The first-order valence-electron chi connectivity index (χ1n) is 11.0. The van der Waals surface area contributed by atoms with Gasteiger partial charge in [-0.3, -0.25) is 4.79 Å². The van der Waals surface area contributed by atoms with Gasteiger partial charge in [0, 0.05) is 31.1 Å². The summed E-state index contributed by atoms with van der Waals surface area (Å²) in [6.07, 6.45) is 1.41. The first-order valence-corrected chi connectivity index (χ1v) is 11.0. The Balaban J connectivity index is 1.99. The fraction of sp³-hybridized carbons (Fsp3) is 0.583. The Morgan fingerprint density at radius 3 is 2.47 bits per heavy atom. The monoisotopic (exact) mass is 413 g/mol. The number of rotatable bonds is 7. The molecule has 1 atom stereocenters. The zero-order chi connectivity index (χ0) is 21.7. The number of amides is 1. The minimum Gasteiger partial charge on any atom is -0.378 e. The molecule has 1 saturated heterocycles. The summed E-state index contributed by atoms with van der Waals surface area (Å²) in [5.74, 6) is 0.930. The van der Waals surface area contributed by atoms with Gasteiger partial charge >= 0.3 is 0 Å². The second kappa shape index (κ2) is 9.65. The lowest BCUT2D eigenvalue weighted by Gasteiger charge is -2.32. The topological polar surface area (TPSA) is 58.8 Å². The van der Waals surface area contributed by atoms with Crippen molar-refractivity contribution in [3.8, 4) is 11.3 Å². The van der Waals surface area contributed by atoms with E-state index in [-0.39, 0.29) is 17.4 Å². The quantitative estimate of drug-likeness (QED) is 0.656. The van der Waals surface area contributed by atoms with Crippen molar-refractivity contribution in [2.75, 3.05) is 31.2 Å². The molecule has 1 aliphatic heterocycles. The Morgan fingerprint density at radius 2 is 1.87 bits per heavy atom. The maximum atomic E-state index is 13.3. The van der Waals surface area contributed by atoms with Gasteiger partial charge in [-0.1, -0.05) is 63.2 Å². The minimum absolute atomic E-state index is 0.0628. The third-order valence-electron chi connectivity index (χ3n) is 5.57. The van der Waals surface area contributed by atoms with Crippen molar-refractivity contribution in [2.24, 2.45) is 5.41 Å². The number of aromatic nitrogens is 1. The van der Waals surface area contributed by atoms with E-state index in [1.165, 1.54) is 0 Å². The summed E-state index contributed by atoms with van der Waals surface area (Å²) in [5, 5.41) is 4.44. The molecule has 1 aromatic heterocycles. The molecule has 0 aliphatic carbocycles. The number of hydrogen-bond donors (Lipinski definition) is 0. The van der Waals surface area contributed by atoms with Crippen molar-refractivity contribution in [3.63, 3.8) is 0 Å². The molecule has 30 heavy (non-hydrogen) atoms. The predicted octanol–water partition coefficient (Wildman–Crippen LogP) is 4.74. The van der Waals surface area contributed by atoms with Crippen LogP contribution in [0.5, 0.6) is 0 Å². The van der Waals surface area contributed by atoms with Gasteiger partial charge < -0.3 is 19.1 Å². The Kier molecular flexibility index (Phi) is 7.19. The van der Waals surface area contributed by atoms with Crippen molar-refractivity contribution in [2.45, 2.75) is 60.0 Å². The average molecular weight is 414 g/mol. The maximum absolute atomic E-state index is 13.3. The molecule has 0 spiro atoms. The summed E-state index contributed by atoms with van der Waals surface area (Å²) >= 11 is 0. The van der Waals surface area contributed by atoms with Crippen LogP contribution in [0, 0.1) is 5.41 Å². The highest BCUT2D eigenvalue weighted by molar-refractivity contribution is 5.78. The molecular weight excluding hydrogens is 378 g/mol. The third kappa shape index (κ3) is 5.42. The second-order valence-corrected chi connectivity index (χ2v) is 9.30. The predicted molar refractivity (Wildman–Crippen MR) is 119 cm³/mol. The molecule has 6 heteroatoms. The third-order valence-corrected chi connectivity index (χ3v) is 5.57. The van der Waals surface area contributed by atoms with Gasteiger partial charge in [-0.25, -0.2) is 0 Å². The summed E-state index contributed by atoms with van der Waals surface area (Å²) in [6.45, 7) is 13.9. The highest BCUT2D eigenvalue weighted by atomic mass is 16.5. The summed E-state index contributed by atoms with van der Waals surface area (Å²) in [7, 11) is 0. The number of morpholine rings is 1. The van der Waals surface area contributed by atoms with E-state index in [0.29, 0.717) is 26.2 Å². The minimum atomic E-state index is -0.0628. The Morgan fingerprint density at radius 1 is 1.20 bits per heavy atom. The first-order chi connectivity index (χ1) is 14.3. The van der Waals surface area contributed by atoms with E-state index in [1.54, 1.807) is 0 Å². The van der Waals surface area contributed by atoms with E-state index < -0.39 is 0 Å². The van der Waals surface area contributed by atoms with Crippen LogP contribution in [0.2, 0.25) is 0 Å². The van der Waals surface area contributed by atoms with E-state index in [1.807, 2.05) is 35.2 Å². The summed E-state index contributed by atoms with van der Waals surface area (Å²) in [4.78, 5) is 17.4. The molecular formula is C24H35N3O3. The first kappa shape index (κ1) is 22.3. The molecule has 0 saturated carbocycles. The molecule has 2 aromatic rings. The van der Waals surface area contributed by atoms with E-state index in [2.05, 4.69) is 44.7 Å². The van der Waals surface area contributed by atoms with Crippen LogP contribution in [0.15, 0.2) is 34.9 Å². The summed E-state index contributed by atoms with van der Waals surface area (Å²) in [5.41, 5.74) is 2.73. The molecule has 0 radical (unpaired) electrons. The number of anilines is 1. The fourth-order valence-electron chi connectivity index (χ4n) is 3.72. The number of carbonyl (C=O) groups excluding carboxylic acids is 1. The standard InChI is InChI=1S/C24H35N3O3/c1-6-18(2)27(21(28)16-24(3,4)5)17-20-22(19-10-8-7-9-11-19)25-30-23(20)26-12-14-29-15-13-26/h7-11,18H,6,12-17H2,1-5H3. The van der Waals surface area contributed by atoms with Gasteiger partial charge in [-0.2, -0.15) is 0 Å². The van der Waals surface area contributed by atoms with Crippen LogP contribution in [0.3, 0.4) is 0 Å². The van der Waals surface area contributed by atoms with Gasteiger partial charge in [0.25, 0.3) is 0 Å². The van der Waals surface area contributed by atoms with E-state index >= 15 is 0 Å². The lowest BCUT2D eigenvalue weighted by Crippen LogP contribution is -2.40. The van der Waals surface area contributed by atoms with Crippen LogP contribution in [-0.2, 0) is 16.1 Å². The SMILES string of the molecule is CCC(C)N(Cc1c(-c2ccccc2)noc1N1CCOCC1)C(=O)CC(C)(C)C. The molecule has 1 aromatic carbocycles. The molecule has 1 amide bonds. The number of hydrogen-bond acceptors (Lipinski definition) is 5. The van der Waals surface area contributed by atoms with Crippen LogP contribution < -0.4 is 4.90 Å². The molecule has 0 bridgehead atoms. The zero-order valence-corrected chi connectivity index (χ0v) is 19.0. The van der Waals surface area contributed by atoms with Crippen LogP contribution in [0.1, 0.15) is 53.0 Å². The van der Waals surface area contributed by atoms with Gasteiger partial charge in [0.15, 0.2) is 0 Å². The molecule has 3 rings (SSSR count). The second-order valence-electron chi connectivity index (χ2n) is 9.30. The average Bonchev–Trinajstić information content (AvgIpc) is 3.15. The maximum Gasteiger partial charge on any atom is 0.233 e. The number of nitrogens with zero attached hydrogens (tertiary/aromatic N) is 3. The molecule has 1 aliphatic rings. The van der Waals surface area contributed by atoms with Gasteiger partial charge in [-0.05, 0) is 18.8 Å². The highest BCUT2D eigenvalue weighted by Gasteiger charge is 2.30. The molecule has 0 N–H and O–H groups in total. The van der Waals surface area contributed by atoms with E-state index in [4.69, 9.17) is 9.26 Å². The highest BCUT2D eigenvalue weighted by Crippen LogP contribution is 2.34. The normalized spacial score (nSPS) is 15.8. The van der Waals surface area contributed by atoms with Gasteiger partial charge in [0.05, 0.1) is 25.3 Å². The Labute approximate surface area is 180 Å². The van der Waals surface area contributed by atoms with Crippen LogP contribution in [0.25, 0.3) is 11.3 Å².